The first-order chi connectivity index (χ1) is 13.3. The van der Waals surface area contributed by atoms with Crippen molar-refractivity contribution in [1.29, 1.82) is 0 Å². The van der Waals surface area contributed by atoms with Gasteiger partial charge in [0.1, 0.15) is 11.8 Å². The van der Waals surface area contributed by atoms with E-state index in [2.05, 4.69) is 15.5 Å². The van der Waals surface area contributed by atoms with Gasteiger partial charge in [0.05, 0.1) is 13.7 Å². The van der Waals surface area contributed by atoms with Crippen LogP contribution in [0.1, 0.15) is 18.7 Å². The van der Waals surface area contributed by atoms with Gasteiger partial charge in [0.15, 0.2) is 0 Å². The highest BCUT2D eigenvalue weighted by Gasteiger charge is 2.47. The number of nitrogens with zero attached hydrogens (tertiary/aromatic N) is 3. The molecular weight excluding hydrogens is 381 g/mol. The van der Waals surface area contributed by atoms with Crippen molar-refractivity contribution in [2.24, 2.45) is 0 Å². The fourth-order valence-electron chi connectivity index (χ4n) is 2.91. The lowest BCUT2D eigenvalue weighted by molar-refractivity contribution is -0.186. The molecule has 2 amide bonds. The van der Waals surface area contributed by atoms with Crippen LogP contribution in [0.25, 0.3) is 11.4 Å². The molecule has 1 aromatic carbocycles. The second kappa shape index (κ2) is 7.87. The van der Waals surface area contributed by atoms with E-state index in [0.717, 1.165) is 0 Å². The molecule has 1 N–H and O–H groups in total. The fourth-order valence-corrected chi connectivity index (χ4v) is 2.91. The number of nitrogens with one attached hydrogen (secondary N) is 1. The van der Waals surface area contributed by atoms with Gasteiger partial charge in [0, 0.05) is 12.1 Å². The van der Waals surface area contributed by atoms with E-state index < -0.39 is 24.0 Å². The molecule has 11 heteroatoms. The van der Waals surface area contributed by atoms with Crippen LogP contribution in [0.2, 0.25) is 0 Å². The summed E-state index contributed by atoms with van der Waals surface area (Å²) in [5.41, 5.74) is 0.667. The number of hydrogen-bond acceptors (Lipinski definition) is 6. The SMILES string of the molecule is COc1ccc(-c2noc(CNC(=O)C3CCCN3C(=O)C(F)(F)F)n2)cc1. The average Bonchev–Trinajstić information content (AvgIpc) is 3.34. The third-order valence-electron chi connectivity index (χ3n) is 4.29. The molecule has 1 atom stereocenters. The topological polar surface area (TPSA) is 97.6 Å². The van der Waals surface area contributed by atoms with Crippen molar-refractivity contribution in [3.8, 4) is 17.1 Å². The second-order valence-corrected chi connectivity index (χ2v) is 6.11. The summed E-state index contributed by atoms with van der Waals surface area (Å²) in [7, 11) is 1.54. The van der Waals surface area contributed by atoms with E-state index in [4.69, 9.17) is 9.26 Å². The highest BCUT2D eigenvalue weighted by atomic mass is 19.4. The van der Waals surface area contributed by atoms with Crippen LogP contribution in [0.15, 0.2) is 28.8 Å². The number of methoxy groups -OCH3 is 1. The monoisotopic (exact) mass is 398 g/mol. The minimum Gasteiger partial charge on any atom is -0.497 e. The summed E-state index contributed by atoms with van der Waals surface area (Å²) < 4.78 is 48.0. The highest BCUT2D eigenvalue weighted by Crippen LogP contribution is 2.26. The fraction of sp³-hybridized carbons (Fsp3) is 0.412. The zero-order valence-corrected chi connectivity index (χ0v) is 14.8. The van der Waals surface area contributed by atoms with E-state index in [1.807, 2.05) is 0 Å². The first-order valence-electron chi connectivity index (χ1n) is 8.42. The van der Waals surface area contributed by atoms with Crippen LogP contribution in [0.5, 0.6) is 5.75 Å². The van der Waals surface area contributed by atoms with E-state index in [-0.39, 0.29) is 25.4 Å². The van der Waals surface area contributed by atoms with Crippen molar-refractivity contribution in [2.45, 2.75) is 31.6 Å². The van der Waals surface area contributed by atoms with Crippen molar-refractivity contribution in [2.75, 3.05) is 13.7 Å². The number of carbonyl (C=O) groups excluding carboxylic acids is 2. The molecule has 0 spiro atoms. The molecular formula is C17H17F3N4O4. The molecule has 1 saturated heterocycles. The Labute approximate surface area is 157 Å². The standard InChI is InChI=1S/C17H17F3N4O4/c1-27-11-6-4-10(5-7-11)14-22-13(28-23-14)9-21-15(25)12-3-2-8-24(12)16(26)17(18,19)20/h4-7,12H,2-3,8-9H2,1H3,(H,21,25). The third kappa shape index (κ3) is 4.24. The Kier molecular flexibility index (Phi) is 5.52. The van der Waals surface area contributed by atoms with Crippen LogP contribution in [-0.4, -0.2) is 52.7 Å². The molecule has 0 aliphatic carbocycles. The highest BCUT2D eigenvalue weighted by molar-refractivity contribution is 5.90. The molecule has 2 heterocycles. The van der Waals surface area contributed by atoms with E-state index in [1.165, 1.54) is 7.11 Å². The van der Waals surface area contributed by atoms with Crippen molar-refractivity contribution >= 4 is 11.8 Å². The molecule has 28 heavy (non-hydrogen) atoms. The number of halogens is 3. The Hall–Kier alpha value is -3.11. The van der Waals surface area contributed by atoms with Gasteiger partial charge in [0.2, 0.25) is 17.6 Å². The van der Waals surface area contributed by atoms with Crippen LogP contribution in [0.4, 0.5) is 13.2 Å². The normalized spacial score (nSPS) is 16.9. The van der Waals surface area contributed by atoms with Crippen molar-refractivity contribution in [3.63, 3.8) is 0 Å². The van der Waals surface area contributed by atoms with Gasteiger partial charge in [0.25, 0.3) is 0 Å². The Morgan fingerprint density at radius 3 is 2.68 bits per heavy atom. The summed E-state index contributed by atoms with van der Waals surface area (Å²) in [6, 6.07) is 5.73. The minimum atomic E-state index is -5.01. The number of aromatic nitrogens is 2. The summed E-state index contributed by atoms with van der Waals surface area (Å²) in [4.78, 5) is 28.3. The summed E-state index contributed by atoms with van der Waals surface area (Å²) in [6.45, 7) is -0.273. The molecule has 0 bridgehead atoms. The van der Waals surface area contributed by atoms with Gasteiger partial charge in [-0.25, -0.2) is 0 Å². The van der Waals surface area contributed by atoms with Gasteiger partial charge in [-0.15, -0.1) is 0 Å². The van der Waals surface area contributed by atoms with Gasteiger partial charge >= 0.3 is 12.1 Å². The predicted octanol–water partition coefficient (Wildman–Crippen LogP) is 1.91. The minimum absolute atomic E-state index is 0.0888. The first kappa shape index (κ1) is 19.6. The van der Waals surface area contributed by atoms with Crippen LogP contribution in [0, 0.1) is 0 Å². The maximum atomic E-state index is 12.6. The van der Waals surface area contributed by atoms with Crippen LogP contribution in [0.3, 0.4) is 0 Å². The average molecular weight is 398 g/mol. The molecule has 1 aliphatic heterocycles. The van der Waals surface area contributed by atoms with Gasteiger partial charge in [-0.1, -0.05) is 5.16 Å². The van der Waals surface area contributed by atoms with E-state index in [0.29, 0.717) is 28.5 Å². The van der Waals surface area contributed by atoms with Gasteiger partial charge in [-0.3, -0.25) is 9.59 Å². The number of amides is 2. The molecule has 0 saturated carbocycles. The lowest BCUT2D eigenvalue weighted by Gasteiger charge is -2.24. The van der Waals surface area contributed by atoms with Crippen molar-refractivity contribution < 1.29 is 32.0 Å². The van der Waals surface area contributed by atoms with Gasteiger partial charge in [-0.05, 0) is 37.1 Å². The molecule has 1 aromatic heterocycles. The lowest BCUT2D eigenvalue weighted by Crippen LogP contribution is -2.50. The predicted molar refractivity (Wildman–Crippen MR) is 88.9 cm³/mol. The number of hydrogen-bond donors (Lipinski definition) is 1. The van der Waals surface area contributed by atoms with Gasteiger partial charge < -0.3 is 19.5 Å². The number of rotatable bonds is 5. The Morgan fingerprint density at radius 1 is 1.32 bits per heavy atom. The number of alkyl halides is 3. The molecule has 2 aromatic rings. The molecule has 1 fully saturated rings. The van der Waals surface area contributed by atoms with Crippen molar-refractivity contribution in [3.05, 3.63) is 30.2 Å². The molecule has 3 rings (SSSR count). The number of carbonyl (C=O) groups is 2. The van der Waals surface area contributed by atoms with Crippen molar-refractivity contribution in [1.82, 2.24) is 20.4 Å². The number of likely N-dealkylation sites (tertiary alicyclic amines) is 1. The van der Waals surface area contributed by atoms with Crippen LogP contribution < -0.4 is 10.1 Å². The second-order valence-electron chi connectivity index (χ2n) is 6.11. The molecule has 0 radical (unpaired) electrons. The van der Waals surface area contributed by atoms with Gasteiger partial charge in [-0.2, -0.15) is 18.2 Å². The van der Waals surface area contributed by atoms with Crippen LogP contribution >= 0.6 is 0 Å². The molecule has 1 aliphatic rings. The molecule has 8 nitrogen and oxygen atoms in total. The maximum Gasteiger partial charge on any atom is 0.471 e. The summed E-state index contributed by atoms with van der Waals surface area (Å²) in [6.07, 6.45) is -4.53. The Morgan fingerprint density at radius 2 is 2.04 bits per heavy atom. The quantitative estimate of drug-likeness (QED) is 0.827. The zero-order chi connectivity index (χ0) is 20.3. The molecule has 1 unspecified atom stereocenters. The summed E-state index contributed by atoms with van der Waals surface area (Å²) in [5, 5.41) is 6.25. The maximum absolute atomic E-state index is 12.6. The zero-order valence-electron chi connectivity index (χ0n) is 14.8. The summed E-state index contributed by atoms with van der Waals surface area (Å²) in [5.74, 6) is -1.66. The smallest absolute Gasteiger partial charge is 0.471 e. The Balaban J connectivity index is 1.60. The van der Waals surface area contributed by atoms with E-state index in [1.54, 1.807) is 24.3 Å². The van der Waals surface area contributed by atoms with E-state index in [9.17, 15) is 22.8 Å². The Bertz CT molecular complexity index is 851. The van der Waals surface area contributed by atoms with E-state index >= 15 is 0 Å². The third-order valence-corrected chi connectivity index (χ3v) is 4.29. The largest absolute Gasteiger partial charge is 0.497 e. The number of ether oxygens (including phenoxy) is 1. The molecule has 150 valence electrons. The number of benzene rings is 1. The van der Waals surface area contributed by atoms with Crippen LogP contribution in [-0.2, 0) is 16.1 Å². The first-order valence-corrected chi connectivity index (χ1v) is 8.42. The summed E-state index contributed by atoms with van der Waals surface area (Å²) >= 11 is 0. The lowest BCUT2D eigenvalue weighted by atomic mass is 10.2.